The van der Waals surface area contributed by atoms with Crippen LogP contribution in [0.4, 0.5) is 8.78 Å². The number of nitrogens with zero attached hydrogens (tertiary/aromatic N) is 7. The van der Waals surface area contributed by atoms with Gasteiger partial charge in [-0.15, -0.1) is 0 Å². The third kappa shape index (κ3) is 5.86. The normalized spacial score (nSPS) is 21.4. The van der Waals surface area contributed by atoms with Gasteiger partial charge in [-0.25, -0.2) is 18.8 Å². The highest BCUT2D eigenvalue weighted by atomic mass is 19.1. The molecular weight excluding hydrogens is 512 g/mol. The standard InChI is InChI=1S/C30H37F2N7O/c1-8-21(30(40)38-16-20-11-23(17-38)37(7)15-20)9-10-27(33-5)35-14-25(32)28(34-6)22-12-24(31)29-26(13-22)39(18(2)3)19(4)36-29/h8-10,12-14,18,20,23H,6,11,15-17H2,1-5,7H3/b10-9-,21-8-,28-25+,33-27?,35-14?. The number of amides is 1. The summed E-state index contributed by atoms with van der Waals surface area (Å²) >= 11 is 0. The van der Waals surface area contributed by atoms with E-state index in [1.807, 2.05) is 23.3 Å². The van der Waals surface area contributed by atoms with E-state index in [0.717, 1.165) is 25.7 Å². The summed E-state index contributed by atoms with van der Waals surface area (Å²) in [5.41, 5.74) is 1.36. The average molecular weight is 550 g/mol. The van der Waals surface area contributed by atoms with Crippen molar-refractivity contribution < 1.29 is 13.6 Å². The van der Waals surface area contributed by atoms with Crippen LogP contribution < -0.4 is 0 Å². The van der Waals surface area contributed by atoms with Gasteiger partial charge in [0.2, 0.25) is 0 Å². The van der Waals surface area contributed by atoms with Gasteiger partial charge < -0.3 is 14.4 Å². The summed E-state index contributed by atoms with van der Waals surface area (Å²) < 4.78 is 32.1. The molecule has 1 aromatic carbocycles. The molecule has 0 aliphatic carbocycles. The van der Waals surface area contributed by atoms with Crippen molar-refractivity contribution in [2.45, 2.75) is 46.2 Å². The number of benzene rings is 1. The number of aromatic nitrogens is 2. The number of likely N-dealkylation sites (tertiary alicyclic amines) is 2. The van der Waals surface area contributed by atoms with Crippen LogP contribution in [0.15, 0.2) is 56.7 Å². The summed E-state index contributed by atoms with van der Waals surface area (Å²) in [7, 11) is 3.63. The van der Waals surface area contributed by atoms with E-state index in [-0.39, 0.29) is 34.6 Å². The second-order valence-corrected chi connectivity index (χ2v) is 10.6. The second-order valence-electron chi connectivity index (χ2n) is 10.6. The topological polar surface area (TPSA) is 78.5 Å². The van der Waals surface area contributed by atoms with Gasteiger partial charge in [0, 0.05) is 49.9 Å². The van der Waals surface area contributed by atoms with Crippen molar-refractivity contribution in [3.8, 4) is 0 Å². The van der Waals surface area contributed by atoms with Gasteiger partial charge in [0.15, 0.2) is 11.6 Å². The van der Waals surface area contributed by atoms with Crippen molar-refractivity contribution in [1.82, 2.24) is 19.4 Å². The Kier molecular flexibility index (Phi) is 8.88. The molecule has 8 nitrogen and oxygen atoms in total. The first-order valence-electron chi connectivity index (χ1n) is 13.5. The third-order valence-corrected chi connectivity index (χ3v) is 7.58. The van der Waals surface area contributed by atoms with E-state index in [1.54, 1.807) is 38.1 Å². The minimum Gasteiger partial charge on any atom is -0.337 e. The first-order chi connectivity index (χ1) is 19.1. The molecule has 2 fully saturated rings. The van der Waals surface area contributed by atoms with Gasteiger partial charge in [0.25, 0.3) is 5.91 Å². The number of amidine groups is 1. The molecule has 2 aliphatic heterocycles. The summed E-state index contributed by atoms with van der Waals surface area (Å²) in [6, 6.07) is 3.28. The van der Waals surface area contributed by atoms with E-state index in [9.17, 15) is 9.18 Å². The third-order valence-electron chi connectivity index (χ3n) is 7.58. The van der Waals surface area contributed by atoms with Crippen LogP contribution in [0.3, 0.4) is 0 Å². The number of allylic oxidation sites excluding steroid dienone is 2. The van der Waals surface area contributed by atoms with Crippen LogP contribution in [0.25, 0.3) is 16.7 Å². The van der Waals surface area contributed by atoms with Gasteiger partial charge in [0.1, 0.15) is 22.9 Å². The highest BCUT2D eigenvalue weighted by molar-refractivity contribution is 6.04. The van der Waals surface area contributed by atoms with Crippen LogP contribution in [0, 0.1) is 18.7 Å². The van der Waals surface area contributed by atoms with E-state index in [0.29, 0.717) is 35.4 Å². The Morgan fingerprint density at radius 1 is 1.23 bits per heavy atom. The van der Waals surface area contributed by atoms with Crippen LogP contribution in [0.1, 0.15) is 44.6 Å². The zero-order valence-corrected chi connectivity index (χ0v) is 24.0. The fourth-order valence-corrected chi connectivity index (χ4v) is 5.71. The highest BCUT2D eigenvalue weighted by Gasteiger charge is 2.38. The summed E-state index contributed by atoms with van der Waals surface area (Å²) in [5, 5.41) is 0. The van der Waals surface area contributed by atoms with Crippen molar-refractivity contribution in [3.05, 3.63) is 59.0 Å². The summed E-state index contributed by atoms with van der Waals surface area (Å²) in [6.07, 6.45) is 7.07. The van der Waals surface area contributed by atoms with Crippen LogP contribution in [0.2, 0.25) is 0 Å². The summed E-state index contributed by atoms with van der Waals surface area (Å²) in [4.78, 5) is 33.8. The van der Waals surface area contributed by atoms with E-state index in [1.165, 1.54) is 13.1 Å². The number of carbonyl (C=O) groups excluding carboxylic acids is 1. The molecule has 2 unspecified atom stereocenters. The van der Waals surface area contributed by atoms with Crippen LogP contribution >= 0.6 is 0 Å². The largest absolute Gasteiger partial charge is 0.337 e. The number of imidazole rings is 1. The lowest BCUT2D eigenvalue weighted by Gasteiger charge is -2.32. The maximum absolute atomic E-state index is 15.3. The first-order valence-corrected chi connectivity index (χ1v) is 13.5. The SMILES string of the molecule is C=N/C(=C(/F)C=NC(/C=C\C(=C\C)C(=O)N1CC2CC(C1)N(C)C2)=NC)c1cc(F)c2nc(C)n(C(C)C)c2c1. The Labute approximate surface area is 234 Å². The van der Waals surface area contributed by atoms with Gasteiger partial charge >= 0.3 is 0 Å². The number of piperidine rings is 1. The number of fused-ring (bicyclic) bond motifs is 3. The van der Waals surface area contributed by atoms with Crippen molar-refractivity contribution >= 4 is 41.4 Å². The molecule has 0 spiro atoms. The molecule has 1 aromatic heterocycles. The quantitative estimate of drug-likeness (QED) is 0.207. The predicted molar refractivity (Wildman–Crippen MR) is 158 cm³/mol. The number of halogens is 2. The van der Waals surface area contributed by atoms with Gasteiger partial charge in [-0.05, 0) is 78.1 Å². The molecule has 0 saturated carbocycles. The zero-order chi connectivity index (χ0) is 29.1. The number of rotatable bonds is 7. The molecule has 2 atom stereocenters. The van der Waals surface area contributed by atoms with Crippen LogP contribution in [-0.4, -0.2) is 83.8 Å². The fraction of sp³-hybridized carbons (Fsp3) is 0.433. The number of carbonyl (C=O) groups is 1. The Hall–Kier alpha value is -3.79. The van der Waals surface area contributed by atoms with E-state index in [4.69, 9.17) is 0 Å². The Morgan fingerprint density at radius 2 is 1.98 bits per heavy atom. The van der Waals surface area contributed by atoms with Gasteiger partial charge in [-0.2, -0.15) is 0 Å². The Morgan fingerprint density at radius 3 is 2.60 bits per heavy atom. The van der Waals surface area contributed by atoms with Crippen LogP contribution in [-0.2, 0) is 4.79 Å². The van der Waals surface area contributed by atoms with Crippen molar-refractivity contribution in [2.75, 3.05) is 33.7 Å². The second kappa shape index (κ2) is 12.2. The molecule has 2 aliphatic rings. The number of aliphatic imine (C=N–C) groups is 3. The molecule has 0 N–H and O–H groups in total. The van der Waals surface area contributed by atoms with E-state index < -0.39 is 11.6 Å². The molecule has 10 heteroatoms. The molecule has 0 radical (unpaired) electrons. The molecular formula is C30H37F2N7O. The molecule has 2 bridgehead atoms. The van der Waals surface area contributed by atoms with Gasteiger partial charge in [0.05, 0.1) is 11.7 Å². The molecule has 1 amide bonds. The van der Waals surface area contributed by atoms with Gasteiger partial charge in [-0.1, -0.05) is 6.08 Å². The molecule has 3 heterocycles. The molecule has 4 rings (SSSR count). The van der Waals surface area contributed by atoms with Crippen molar-refractivity contribution in [2.24, 2.45) is 20.9 Å². The lowest BCUT2D eigenvalue weighted by molar-refractivity contribution is -0.128. The first kappa shape index (κ1) is 29.2. The highest BCUT2D eigenvalue weighted by Crippen LogP contribution is 2.30. The molecule has 2 saturated heterocycles. The Balaban J connectivity index is 1.54. The fourth-order valence-electron chi connectivity index (χ4n) is 5.71. The number of hydrogen-bond acceptors (Lipinski definition) is 5. The molecule has 212 valence electrons. The maximum atomic E-state index is 15.3. The molecule has 2 aromatic rings. The Bertz CT molecular complexity index is 1460. The monoisotopic (exact) mass is 549 g/mol. The number of hydrogen-bond donors (Lipinski definition) is 0. The lowest BCUT2D eigenvalue weighted by atomic mass is 9.99. The zero-order valence-electron chi connectivity index (χ0n) is 24.0. The van der Waals surface area contributed by atoms with Crippen molar-refractivity contribution in [3.63, 3.8) is 0 Å². The van der Waals surface area contributed by atoms with E-state index in [2.05, 4.69) is 38.6 Å². The molecule has 40 heavy (non-hydrogen) atoms. The predicted octanol–water partition coefficient (Wildman–Crippen LogP) is 5.17. The van der Waals surface area contributed by atoms with Crippen LogP contribution in [0.5, 0.6) is 0 Å². The minimum atomic E-state index is -0.800. The van der Waals surface area contributed by atoms with E-state index >= 15 is 4.39 Å². The number of likely N-dealkylation sites (N-methyl/N-ethyl adjacent to an activating group) is 1. The summed E-state index contributed by atoms with van der Waals surface area (Å²) in [6.45, 7) is 13.5. The maximum Gasteiger partial charge on any atom is 0.253 e. The average Bonchev–Trinajstić information content (AvgIpc) is 3.39. The minimum absolute atomic E-state index is 0.0330. The van der Waals surface area contributed by atoms with Gasteiger partial charge in [-0.3, -0.25) is 14.8 Å². The summed E-state index contributed by atoms with van der Waals surface area (Å²) in [5.74, 6) is -0.0455. The van der Waals surface area contributed by atoms with Crippen molar-refractivity contribution in [1.29, 1.82) is 0 Å². The number of aryl methyl sites for hydroxylation is 1. The smallest absolute Gasteiger partial charge is 0.253 e. The lowest BCUT2D eigenvalue weighted by Crippen LogP contribution is -2.45.